The fourth-order valence-corrected chi connectivity index (χ4v) is 2.72. The molecule has 0 radical (unpaired) electrons. The molecule has 1 aliphatic carbocycles. The van der Waals surface area contributed by atoms with Crippen LogP contribution in [0, 0.1) is 0 Å². The van der Waals surface area contributed by atoms with E-state index in [1.807, 2.05) is 18.2 Å². The van der Waals surface area contributed by atoms with E-state index in [9.17, 15) is 4.79 Å². The van der Waals surface area contributed by atoms with Crippen LogP contribution in [0.25, 0.3) is 0 Å². The second-order valence-corrected chi connectivity index (χ2v) is 5.79. The minimum absolute atomic E-state index is 0.110. The van der Waals surface area contributed by atoms with Crippen molar-refractivity contribution in [3.63, 3.8) is 0 Å². The number of carbonyl (C=O) groups is 1. The number of rotatable bonds is 5. The average molecular weight is 277 g/mol. The fraction of sp³-hybridized carbons (Fsp3) is 0.562. The van der Waals surface area contributed by atoms with Crippen molar-refractivity contribution in [1.82, 2.24) is 0 Å². The molecule has 0 heterocycles. The number of carboxylic acid groups (broad SMARTS) is 1. The number of carboxylic acids is 1. The maximum atomic E-state index is 11.2. The zero-order valence-corrected chi connectivity index (χ0v) is 12.1. The first-order valence-electron chi connectivity index (χ1n) is 7.24. The third-order valence-corrected chi connectivity index (χ3v) is 4.29. The molecule has 3 N–H and O–H groups in total. The Morgan fingerprint density at radius 3 is 2.85 bits per heavy atom. The molecule has 2 rings (SSSR count). The molecule has 110 valence electrons. The van der Waals surface area contributed by atoms with Crippen LogP contribution in [-0.2, 0) is 4.79 Å². The summed E-state index contributed by atoms with van der Waals surface area (Å²) in [6.07, 6.45) is 2.47. The van der Waals surface area contributed by atoms with Crippen molar-refractivity contribution in [3.8, 4) is 5.75 Å². The number of benzene rings is 1. The van der Waals surface area contributed by atoms with Crippen LogP contribution >= 0.6 is 0 Å². The lowest BCUT2D eigenvalue weighted by molar-refractivity contribution is -0.143. The fourth-order valence-electron chi connectivity index (χ4n) is 2.72. The molecule has 1 aliphatic rings. The Morgan fingerprint density at radius 1 is 1.55 bits per heavy atom. The standard InChI is InChI=1S/C16H23NO3/c1-3-11(2)13-6-4-5-7-14(13)20-12-8-9-16(17,10-12)15(18)19/h4-7,11-12H,3,8-10,17H2,1-2H3,(H,18,19). The highest BCUT2D eigenvalue weighted by Crippen LogP contribution is 2.34. The molecule has 1 fully saturated rings. The summed E-state index contributed by atoms with van der Waals surface area (Å²) in [6.45, 7) is 4.31. The highest BCUT2D eigenvalue weighted by molar-refractivity contribution is 5.79. The summed E-state index contributed by atoms with van der Waals surface area (Å²) in [4.78, 5) is 11.2. The first kappa shape index (κ1) is 14.9. The molecular formula is C16H23NO3. The normalized spacial score (nSPS) is 27.2. The second kappa shape index (κ2) is 5.83. The molecule has 4 nitrogen and oxygen atoms in total. The van der Waals surface area contributed by atoms with Crippen molar-refractivity contribution in [2.24, 2.45) is 5.73 Å². The molecule has 1 aromatic rings. The highest BCUT2D eigenvalue weighted by Gasteiger charge is 2.43. The van der Waals surface area contributed by atoms with Gasteiger partial charge in [-0.3, -0.25) is 4.79 Å². The number of hydrogen-bond acceptors (Lipinski definition) is 3. The van der Waals surface area contributed by atoms with Crippen LogP contribution in [-0.4, -0.2) is 22.7 Å². The van der Waals surface area contributed by atoms with Crippen molar-refractivity contribution < 1.29 is 14.6 Å². The molecule has 20 heavy (non-hydrogen) atoms. The van der Waals surface area contributed by atoms with Crippen LogP contribution in [0.4, 0.5) is 0 Å². The summed E-state index contributed by atoms with van der Waals surface area (Å²) in [5.41, 5.74) is 5.94. The van der Waals surface area contributed by atoms with Gasteiger partial charge in [0.15, 0.2) is 0 Å². The third-order valence-electron chi connectivity index (χ3n) is 4.29. The molecule has 1 saturated carbocycles. The van der Waals surface area contributed by atoms with Gasteiger partial charge in [-0.2, -0.15) is 0 Å². The van der Waals surface area contributed by atoms with E-state index < -0.39 is 11.5 Å². The van der Waals surface area contributed by atoms with Gasteiger partial charge in [0.2, 0.25) is 0 Å². The second-order valence-electron chi connectivity index (χ2n) is 5.79. The van der Waals surface area contributed by atoms with Crippen molar-refractivity contribution in [2.75, 3.05) is 0 Å². The number of hydrogen-bond donors (Lipinski definition) is 2. The van der Waals surface area contributed by atoms with Gasteiger partial charge in [0.1, 0.15) is 17.4 Å². The Hall–Kier alpha value is -1.55. The summed E-state index contributed by atoms with van der Waals surface area (Å²) >= 11 is 0. The topological polar surface area (TPSA) is 72.5 Å². The van der Waals surface area contributed by atoms with E-state index in [1.54, 1.807) is 0 Å². The van der Waals surface area contributed by atoms with E-state index in [1.165, 1.54) is 5.56 Å². The first-order chi connectivity index (χ1) is 9.46. The summed E-state index contributed by atoms with van der Waals surface area (Å²) in [5, 5.41) is 9.16. The highest BCUT2D eigenvalue weighted by atomic mass is 16.5. The molecule has 0 aromatic heterocycles. The maximum absolute atomic E-state index is 11.2. The monoisotopic (exact) mass is 277 g/mol. The number of nitrogens with two attached hydrogens (primary N) is 1. The lowest BCUT2D eigenvalue weighted by Gasteiger charge is -2.21. The largest absolute Gasteiger partial charge is 0.490 e. The minimum Gasteiger partial charge on any atom is -0.490 e. The van der Waals surface area contributed by atoms with Gasteiger partial charge in [0.05, 0.1) is 0 Å². The van der Waals surface area contributed by atoms with Crippen LogP contribution < -0.4 is 10.5 Å². The molecule has 3 unspecified atom stereocenters. The molecule has 0 spiro atoms. The van der Waals surface area contributed by atoms with Crippen molar-refractivity contribution in [1.29, 1.82) is 0 Å². The molecule has 1 aromatic carbocycles. The van der Waals surface area contributed by atoms with Gasteiger partial charge < -0.3 is 15.6 Å². The first-order valence-corrected chi connectivity index (χ1v) is 7.24. The van der Waals surface area contributed by atoms with Crippen LogP contribution in [0.3, 0.4) is 0 Å². The number of ether oxygens (including phenoxy) is 1. The Kier molecular flexibility index (Phi) is 4.33. The molecular weight excluding hydrogens is 254 g/mol. The Labute approximate surface area is 119 Å². The molecule has 0 bridgehead atoms. The van der Waals surface area contributed by atoms with Crippen LogP contribution in [0.15, 0.2) is 24.3 Å². The summed E-state index contributed by atoms with van der Waals surface area (Å²) in [5.74, 6) is 0.356. The van der Waals surface area contributed by atoms with E-state index >= 15 is 0 Å². The van der Waals surface area contributed by atoms with Gasteiger partial charge in [0.25, 0.3) is 0 Å². The van der Waals surface area contributed by atoms with Gasteiger partial charge in [-0.25, -0.2) is 0 Å². The smallest absolute Gasteiger partial charge is 0.323 e. The summed E-state index contributed by atoms with van der Waals surface area (Å²) in [7, 11) is 0. The van der Waals surface area contributed by atoms with Gasteiger partial charge in [-0.15, -0.1) is 0 Å². The maximum Gasteiger partial charge on any atom is 0.323 e. The molecule has 0 amide bonds. The molecule has 0 aliphatic heterocycles. The zero-order chi connectivity index (χ0) is 14.8. The number of para-hydroxylation sites is 1. The van der Waals surface area contributed by atoms with Crippen LogP contribution in [0.2, 0.25) is 0 Å². The Bertz CT molecular complexity index is 488. The average Bonchev–Trinajstić information content (AvgIpc) is 2.81. The van der Waals surface area contributed by atoms with E-state index in [0.717, 1.165) is 12.2 Å². The minimum atomic E-state index is -1.13. The molecule has 0 saturated heterocycles. The van der Waals surface area contributed by atoms with Gasteiger partial charge in [0, 0.05) is 6.42 Å². The molecule has 4 heteroatoms. The van der Waals surface area contributed by atoms with Gasteiger partial charge in [-0.05, 0) is 36.8 Å². The van der Waals surface area contributed by atoms with Gasteiger partial charge in [-0.1, -0.05) is 32.0 Å². The van der Waals surface area contributed by atoms with Crippen LogP contribution in [0.1, 0.15) is 51.0 Å². The van der Waals surface area contributed by atoms with Crippen molar-refractivity contribution in [2.45, 2.75) is 57.1 Å². The lowest BCUT2D eigenvalue weighted by Crippen LogP contribution is -2.46. The van der Waals surface area contributed by atoms with Crippen LogP contribution in [0.5, 0.6) is 5.75 Å². The van der Waals surface area contributed by atoms with E-state index in [-0.39, 0.29) is 6.10 Å². The van der Waals surface area contributed by atoms with E-state index in [0.29, 0.717) is 25.2 Å². The third kappa shape index (κ3) is 2.96. The predicted molar refractivity (Wildman–Crippen MR) is 78.0 cm³/mol. The van der Waals surface area contributed by atoms with Crippen molar-refractivity contribution in [3.05, 3.63) is 29.8 Å². The van der Waals surface area contributed by atoms with E-state index in [4.69, 9.17) is 15.6 Å². The van der Waals surface area contributed by atoms with Crippen molar-refractivity contribution >= 4 is 5.97 Å². The number of aliphatic carboxylic acids is 1. The zero-order valence-electron chi connectivity index (χ0n) is 12.1. The molecule has 3 atom stereocenters. The van der Waals surface area contributed by atoms with E-state index in [2.05, 4.69) is 19.9 Å². The Balaban J connectivity index is 2.10. The summed E-state index contributed by atoms with van der Waals surface area (Å²) < 4.78 is 6.03. The quantitative estimate of drug-likeness (QED) is 0.868. The predicted octanol–water partition coefficient (Wildman–Crippen LogP) is 2.91. The SMILES string of the molecule is CCC(C)c1ccccc1OC1CCC(N)(C(=O)O)C1. The van der Waals surface area contributed by atoms with Gasteiger partial charge >= 0.3 is 5.97 Å². The summed E-state index contributed by atoms with van der Waals surface area (Å²) in [6, 6.07) is 7.99. The lowest BCUT2D eigenvalue weighted by atomic mass is 9.97. The Morgan fingerprint density at radius 2 is 2.25 bits per heavy atom.